The first-order valence-corrected chi connectivity index (χ1v) is 5.40. The fraction of sp³-hybridized carbons (Fsp3) is 0.900. The maximum absolute atomic E-state index is 11.9. The van der Waals surface area contributed by atoms with E-state index in [4.69, 9.17) is 4.74 Å². The van der Waals surface area contributed by atoms with Crippen LogP contribution in [0.15, 0.2) is 0 Å². The SMILES string of the molecule is CC(NC1CC1)C(=O)N1CCOCC1. The van der Waals surface area contributed by atoms with Crippen molar-refractivity contribution in [1.82, 2.24) is 10.2 Å². The van der Waals surface area contributed by atoms with E-state index in [9.17, 15) is 4.79 Å². The zero-order valence-electron chi connectivity index (χ0n) is 8.66. The van der Waals surface area contributed by atoms with E-state index in [1.54, 1.807) is 0 Å². The molecule has 0 aromatic carbocycles. The Morgan fingerprint density at radius 3 is 2.64 bits per heavy atom. The van der Waals surface area contributed by atoms with Crippen molar-refractivity contribution in [3.8, 4) is 0 Å². The molecule has 4 nitrogen and oxygen atoms in total. The molecule has 1 N–H and O–H groups in total. The topological polar surface area (TPSA) is 41.6 Å². The summed E-state index contributed by atoms with van der Waals surface area (Å²) in [5.41, 5.74) is 0. The molecular weight excluding hydrogens is 180 g/mol. The highest BCUT2D eigenvalue weighted by Crippen LogP contribution is 2.19. The van der Waals surface area contributed by atoms with Crippen LogP contribution >= 0.6 is 0 Å². The molecule has 1 unspecified atom stereocenters. The molecule has 1 saturated carbocycles. The first kappa shape index (κ1) is 9.93. The van der Waals surface area contributed by atoms with Crippen LogP contribution in [0.5, 0.6) is 0 Å². The van der Waals surface area contributed by atoms with Crippen molar-refractivity contribution in [2.45, 2.75) is 31.8 Å². The highest BCUT2D eigenvalue weighted by Gasteiger charge is 2.28. The first-order valence-electron chi connectivity index (χ1n) is 5.40. The number of ether oxygens (including phenoxy) is 1. The molecule has 0 radical (unpaired) electrons. The highest BCUT2D eigenvalue weighted by atomic mass is 16.5. The van der Waals surface area contributed by atoms with Crippen molar-refractivity contribution >= 4 is 5.91 Å². The molecule has 2 aliphatic rings. The van der Waals surface area contributed by atoms with Crippen LogP contribution < -0.4 is 5.32 Å². The lowest BCUT2D eigenvalue weighted by Gasteiger charge is -2.29. The minimum absolute atomic E-state index is 0.0272. The largest absolute Gasteiger partial charge is 0.378 e. The van der Waals surface area contributed by atoms with Crippen molar-refractivity contribution < 1.29 is 9.53 Å². The van der Waals surface area contributed by atoms with Crippen molar-refractivity contribution in [3.05, 3.63) is 0 Å². The van der Waals surface area contributed by atoms with Gasteiger partial charge in [-0.1, -0.05) is 0 Å². The van der Waals surface area contributed by atoms with E-state index in [1.807, 2.05) is 11.8 Å². The van der Waals surface area contributed by atoms with Crippen LogP contribution in [0.3, 0.4) is 0 Å². The van der Waals surface area contributed by atoms with Crippen LogP contribution in [0.4, 0.5) is 0 Å². The Morgan fingerprint density at radius 1 is 1.43 bits per heavy atom. The van der Waals surface area contributed by atoms with E-state index in [0.717, 1.165) is 13.1 Å². The summed E-state index contributed by atoms with van der Waals surface area (Å²) in [7, 11) is 0. The number of amides is 1. The number of nitrogens with one attached hydrogen (secondary N) is 1. The Balaban J connectivity index is 1.79. The summed E-state index contributed by atoms with van der Waals surface area (Å²) in [6, 6.07) is 0.565. The van der Waals surface area contributed by atoms with E-state index in [-0.39, 0.29) is 11.9 Å². The molecule has 4 heteroatoms. The van der Waals surface area contributed by atoms with E-state index in [2.05, 4.69) is 5.32 Å². The third kappa shape index (κ3) is 2.45. The molecule has 14 heavy (non-hydrogen) atoms. The molecule has 1 saturated heterocycles. The second-order valence-corrected chi connectivity index (χ2v) is 4.10. The summed E-state index contributed by atoms with van der Waals surface area (Å²) < 4.78 is 5.21. The number of hydrogen-bond acceptors (Lipinski definition) is 3. The van der Waals surface area contributed by atoms with Crippen molar-refractivity contribution in [2.75, 3.05) is 26.3 Å². The van der Waals surface area contributed by atoms with Gasteiger partial charge in [0.1, 0.15) is 0 Å². The second-order valence-electron chi connectivity index (χ2n) is 4.10. The predicted octanol–water partition coefficient (Wildman–Crippen LogP) is -0.0143. The van der Waals surface area contributed by atoms with E-state index in [1.165, 1.54) is 12.8 Å². The van der Waals surface area contributed by atoms with Crippen molar-refractivity contribution in [3.63, 3.8) is 0 Å². The van der Waals surface area contributed by atoms with Crippen LogP contribution in [-0.4, -0.2) is 49.2 Å². The Labute approximate surface area is 84.6 Å². The minimum atomic E-state index is -0.0272. The average molecular weight is 198 g/mol. The monoisotopic (exact) mass is 198 g/mol. The maximum atomic E-state index is 11.9. The molecule has 80 valence electrons. The van der Waals surface area contributed by atoms with Gasteiger partial charge in [0, 0.05) is 19.1 Å². The van der Waals surface area contributed by atoms with Crippen LogP contribution in [0.1, 0.15) is 19.8 Å². The summed E-state index contributed by atoms with van der Waals surface area (Å²) in [5, 5.41) is 3.32. The lowest BCUT2D eigenvalue weighted by molar-refractivity contribution is -0.137. The standard InChI is InChI=1S/C10H18N2O2/c1-8(11-9-2-3-9)10(13)12-4-6-14-7-5-12/h8-9,11H,2-7H2,1H3. The van der Waals surface area contributed by atoms with Gasteiger partial charge in [-0.2, -0.15) is 0 Å². The minimum Gasteiger partial charge on any atom is -0.378 e. The number of nitrogens with zero attached hydrogens (tertiary/aromatic N) is 1. The summed E-state index contributed by atoms with van der Waals surface area (Å²) in [6.45, 7) is 4.81. The Morgan fingerprint density at radius 2 is 2.07 bits per heavy atom. The van der Waals surface area contributed by atoms with Crippen molar-refractivity contribution in [2.24, 2.45) is 0 Å². The maximum Gasteiger partial charge on any atom is 0.239 e. The molecule has 2 rings (SSSR count). The summed E-state index contributed by atoms with van der Waals surface area (Å²) in [5.74, 6) is 0.222. The van der Waals surface area contributed by atoms with Gasteiger partial charge in [-0.15, -0.1) is 0 Å². The number of carbonyl (C=O) groups is 1. The zero-order chi connectivity index (χ0) is 9.97. The molecule has 1 amide bonds. The van der Waals surface area contributed by atoms with Crippen molar-refractivity contribution in [1.29, 1.82) is 0 Å². The third-order valence-corrected chi connectivity index (χ3v) is 2.76. The molecule has 0 aromatic heterocycles. The lowest BCUT2D eigenvalue weighted by atomic mass is 10.2. The van der Waals surface area contributed by atoms with E-state index >= 15 is 0 Å². The molecule has 0 spiro atoms. The van der Waals surface area contributed by atoms with Gasteiger partial charge >= 0.3 is 0 Å². The van der Waals surface area contributed by atoms with Gasteiger partial charge in [-0.05, 0) is 19.8 Å². The van der Waals surface area contributed by atoms with Crippen LogP contribution in [0, 0.1) is 0 Å². The molecule has 0 aromatic rings. The summed E-state index contributed by atoms with van der Waals surface area (Å²) >= 11 is 0. The van der Waals surface area contributed by atoms with E-state index < -0.39 is 0 Å². The summed E-state index contributed by atoms with van der Waals surface area (Å²) in [6.07, 6.45) is 2.45. The molecular formula is C10H18N2O2. The number of hydrogen-bond donors (Lipinski definition) is 1. The quantitative estimate of drug-likeness (QED) is 0.693. The average Bonchev–Trinajstić information content (AvgIpc) is 3.02. The molecule has 2 fully saturated rings. The van der Waals surface area contributed by atoms with Crippen LogP contribution in [0.25, 0.3) is 0 Å². The fourth-order valence-electron chi connectivity index (χ4n) is 1.73. The second kappa shape index (κ2) is 4.28. The summed E-state index contributed by atoms with van der Waals surface area (Å²) in [4.78, 5) is 13.8. The van der Waals surface area contributed by atoms with Gasteiger partial charge in [0.05, 0.1) is 19.3 Å². The Hall–Kier alpha value is -0.610. The van der Waals surface area contributed by atoms with Gasteiger partial charge < -0.3 is 15.0 Å². The predicted molar refractivity (Wildman–Crippen MR) is 53.0 cm³/mol. The molecule has 1 aliphatic heterocycles. The number of rotatable bonds is 3. The smallest absolute Gasteiger partial charge is 0.239 e. The number of carbonyl (C=O) groups excluding carboxylic acids is 1. The van der Waals surface area contributed by atoms with Crippen LogP contribution in [0.2, 0.25) is 0 Å². The normalized spacial score (nSPS) is 24.8. The third-order valence-electron chi connectivity index (χ3n) is 2.76. The van der Waals surface area contributed by atoms with Gasteiger partial charge in [-0.25, -0.2) is 0 Å². The first-order chi connectivity index (χ1) is 6.77. The fourth-order valence-corrected chi connectivity index (χ4v) is 1.73. The van der Waals surface area contributed by atoms with Gasteiger partial charge in [0.2, 0.25) is 5.91 Å². The Bertz CT molecular complexity index is 210. The molecule has 0 bridgehead atoms. The van der Waals surface area contributed by atoms with Gasteiger partial charge in [0.15, 0.2) is 0 Å². The van der Waals surface area contributed by atoms with Crippen LogP contribution in [-0.2, 0) is 9.53 Å². The number of morpholine rings is 1. The Kier molecular flexibility index (Phi) is 3.03. The van der Waals surface area contributed by atoms with Gasteiger partial charge in [-0.3, -0.25) is 4.79 Å². The molecule has 1 heterocycles. The molecule has 1 atom stereocenters. The van der Waals surface area contributed by atoms with E-state index in [0.29, 0.717) is 19.3 Å². The lowest BCUT2D eigenvalue weighted by Crippen LogP contribution is -2.49. The highest BCUT2D eigenvalue weighted by molar-refractivity contribution is 5.81. The molecule has 1 aliphatic carbocycles. The zero-order valence-corrected chi connectivity index (χ0v) is 8.66. The van der Waals surface area contributed by atoms with Gasteiger partial charge in [0.25, 0.3) is 0 Å².